The second-order valence-corrected chi connectivity index (χ2v) is 6.59. The van der Waals surface area contributed by atoms with Gasteiger partial charge in [0.25, 0.3) is 5.91 Å². The molecule has 0 aliphatic carbocycles. The van der Waals surface area contributed by atoms with E-state index in [2.05, 4.69) is 43.4 Å². The molecule has 0 spiro atoms. The van der Waals surface area contributed by atoms with Crippen molar-refractivity contribution in [2.75, 3.05) is 13.7 Å². The molecular weight excluding hydrogens is 314 g/mol. The van der Waals surface area contributed by atoms with Gasteiger partial charge in [-0.25, -0.2) is 0 Å². The maximum atomic E-state index is 12.1. The van der Waals surface area contributed by atoms with Crippen molar-refractivity contribution in [3.05, 3.63) is 59.7 Å². The summed E-state index contributed by atoms with van der Waals surface area (Å²) < 4.78 is 10.6. The van der Waals surface area contributed by atoms with Crippen LogP contribution in [-0.2, 0) is 11.2 Å². The number of carbonyl (C=O) groups excluding carboxylic acids is 1. The molecule has 134 valence electrons. The highest BCUT2D eigenvalue weighted by atomic mass is 16.5. The Bertz CT molecular complexity index is 663. The maximum Gasteiger partial charge on any atom is 0.258 e. The lowest BCUT2D eigenvalue weighted by atomic mass is 10.00. The number of amides is 1. The summed E-state index contributed by atoms with van der Waals surface area (Å²) in [5.74, 6) is 1.89. The first-order chi connectivity index (χ1) is 12.0. The fraction of sp³-hybridized carbons (Fsp3) is 0.381. The Balaban J connectivity index is 1.82. The highest BCUT2D eigenvalue weighted by Gasteiger charge is 2.10. The van der Waals surface area contributed by atoms with E-state index in [4.69, 9.17) is 9.47 Å². The van der Waals surface area contributed by atoms with Crippen LogP contribution in [0.4, 0.5) is 0 Å². The van der Waals surface area contributed by atoms with Crippen LogP contribution in [0.2, 0.25) is 0 Å². The molecule has 0 aliphatic rings. The zero-order valence-electron chi connectivity index (χ0n) is 15.4. The molecular formula is C21H27NO3. The fourth-order valence-electron chi connectivity index (χ4n) is 2.60. The Morgan fingerprint density at radius 2 is 1.56 bits per heavy atom. The first-order valence-corrected chi connectivity index (χ1v) is 8.63. The third-order valence-electron chi connectivity index (χ3n) is 3.93. The van der Waals surface area contributed by atoms with Crippen LogP contribution in [0, 0.1) is 5.92 Å². The van der Waals surface area contributed by atoms with Crippen LogP contribution in [0.5, 0.6) is 11.5 Å². The predicted octanol–water partition coefficient (Wildman–Crippen LogP) is 4.15. The van der Waals surface area contributed by atoms with Crippen molar-refractivity contribution in [2.24, 2.45) is 5.92 Å². The smallest absolute Gasteiger partial charge is 0.258 e. The largest absolute Gasteiger partial charge is 0.497 e. The van der Waals surface area contributed by atoms with Crippen molar-refractivity contribution in [3.8, 4) is 11.5 Å². The number of hydrogen-bond donors (Lipinski definition) is 1. The van der Waals surface area contributed by atoms with Crippen molar-refractivity contribution < 1.29 is 14.3 Å². The van der Waals surface area contributed by atoms with E-state index in [9.17, 15) is 4.79 Å². The van der Waals surface area contributed by atoms with Gasteiger partial charge in [-0.2, -0.15) is 0 Å². The van der Waals surface area contributed by atoms with Crippen LogP contribution in [-0.4, -0.2) is 19.6 Å². The summed E-state index contributed by atoms with van der Waals surface area (Å²) in [5, 5.41) is 2.96. The van der Waals surface area contributed by atoms with E-state index in [1.165, 1.54) is 5.56 Å². The van der Waals surface area contributed by atoms with Gasteiger partial charge < -0.3 is 14.8 Å². The number of hydrogen-bond acceptors (Lipinski definition) is 3. The summed E-state index contributed by atoms with van der Waals surface area (Å²) in [6.07, 6.45) is 1.07. The molecule has 0 fully saturated rings. The molecule has 1 amide bonds. The molecule has 4 nitrogen and oxygen atoms in total. The predicted molar refractivity (Wildman–Crippen MR) is 100 cm³/mol. The van der Waals surface area contributed by atoms with Crippen LogP contribution in [0.3, 0.4) is 0 Å². The van der Waals surface area contributed by atoms with Crippen molar-refractivity contribution in [3.63, 3.8) is 0 Å². The average Bonchev–Trinajstić information content (AvgIpc) is 2.60. The number of benzene rings is 2. The van der Waals surface area contributed by atoms with Crippen LogP contribution in [0.1, 0.15) is 37.9 Å². The summed E-state index contributed by atoms with van der Waals surface area (Å²) in [5.41, 5.74) is 2.41. The first-order valence-electron chi connectivity index (χ1n) is 8.63. The zero-order chi connectivity index (χ0) is 18.2. The standard InChI is InChI=1S/C21H27NO3/c1-15(2)13-17-5-7-18(8-6-17)16(3)22-21(23)14-25-20-11-9-19(24-4)10-12-20/h5-12,15-16H,13-14H2,1-4H3,(H,22,23)/t16-/m1/s1. The second kappa shape index (κ2) is 9.11. The Kier molecular flexibility index (Phi) is 6.87. The summed E-state index contributed by atoms with van der Waals surface area (Å²) in [7, 11) is 1.61. The van der Waals surface area contributed by atoms with Crippen LogP contribution in [0.15, 0.2) is 48.5 Å². The molecule has 0 heterocycles. The van der Waals surface area contributed by atoms with E-state index >= 15 is 0 Å². The number of methoxy groups -OCH3 is 1. The average molecular weight is 341 g/mol. The van der Waals surface area contributed by atoms with Gasteiger partial charge in [-0.05, 0) is 54.7 Å². The maximum absolute atomic E-state index is 12.1. The highest BCUT2D eigenvalue weighted by molar-refractivity contribution is 5.78. The molecule has 0 bridgehead atoms. The van der Waals surface area contributed by atoms with Crippen molar-refractivity contribution in [1.82, 2.24) is 5.32 Å². The van der Waals surface area contributed by atoms with Gasteiger partial charge >= 0.3 is 0 Å². The van der Waals surface area contributed by atoms with E-state index in [0.29, 0.717) is 11.7 Å². The molecule has 1 N–H and O–H groups in total. The first kappa shape index (κ1) is 18.8. The molecule has 2 rings (SSSR count). The van der Waals surface area contributed by atoms with E-state index in [1.54, 1.807) is 31.4 Å². The van der Waals surface area contributed by atoms with Gasteiger partial charge in [0.15, 0.2) is 6.61 Å². The summed E-state index contributed by atoms with van der Waals surface area (Å²) in [4.78, 5) is 12.1. The Morgan fingerprint density at radius 1 is 0.960 bits per heavy atom. The number of nitrogens with one attached hydrogen (secondary N) is 1. The zero-order valence-corrected chi connectivity index (χ0v) is 15.4. The van der Waals surface area contributed by atoms with Crippen LogP contribution >= 0.6 is 0 Å². The lowest BCUT2D eigenvalue weighted by Crippen LogP contribution is -2.31. The minimum Gasteiger partial charge on any atom is -0.497 e. The van der Waals surface area contributed by atoms with Crippen molar-refractivity contribution in [2.45, 2.75) is 33.2 Å². The summed E-state index contributed by atoms with van der Waals surface area (Å²) >= 11 is 0. The van der Waals surface area contributed by atoms with E-state index < -0.39 is 0 Å². The summed E-state index contributed by atoms with van der Waals surface area (Å²) in [6.45, 7) is 6.38. The molecule has 0 aliphatic heterocycles. The molecule has 0 saturated heterocycles. The Labute approximate surface area is 150 Å². The third-order valence-corrected chi connectivity index (χ3v) is 3.93. The molecule has 2 aromatic carbocycles. The van der Waals surface area contributed by atoms with Gasteiger partial charge in [0.1, 0.15) is 11.5 Å². The van der Waals surface area contributed by atoms with E-state index in [-0.39, 0.29) is 18.6 Å². The fourth-order valence-corrected chi connectivity index (χ4v) is 2.60. The number of rotatable bonds is 8. The van der Waals surface area contributed by atoms with Crippen molar-refractivity contribution in [1.29, 1.82) is 0 Å². The van der Waals surface area contributed by atoms with Gasteiger partial charge in [-0.1, -0.05) is 38.1 Å². The lowest BCUT2D eigenvalue weighted by molar-refractivity contribution is -0.123. The second-order valence-electron chi connectivity index (χ2n) is 6.59. The minimum atomic E-state index is -0.144. The molecule has 0 unspecified atom stereocenters. The molecule has 0 saturated carbocycles. The van der Waals surface area contributed by atoms with Gasteiger partial charge in [0.2, 0.25) is 0 Å². The lowest BCUT2D eigenvalue weighted by Gasteiger charge is -2.15. The number of carbonyl (C=O) groups is 1. The SMILES string of the molecule is COc1ccc(OCC(=O)N[C@H](C)c2ccc(CC(C)C)cc2)cc1. The van der Waals surface area contributed by atoms with Crippen LogP contribution in [0.25, 0.3) is 0 Å². The minimum absolute atomic E-state index is 0.0118. The van der Waals surface area contributed by atoms with Crippen molar-refractivity contribution >= 4 is 5.91 Å². The quantitative estimate of drug-likeness (QED) is 0.784. The monoisotopic (exact) mass is 341 g/mol. The highest BCUT2D eigenvalue weighted by Crippen LogP contribution is 2.18. The van der Waals surface area contributed by atoms with Crippen LogP contribution < -0.4 is 14.8 Å². The normalized spacial score (nSPS) is 11.9. The number of ether oxygens (including phenoxy) is 2. The molecule has 1 atom stereocenters. The van der Waals surface area contributed by atoms with E-state index in [1.807, 2.05) is 6.92 Å². The van der Waals surface area contributed by atoms with Gasteiger partial charge in [-0.15, -0.1) is 0 Å². The molecule has 0 aromatic heterocycles. The van der Waals surface area contributed by atoms with E-state index in [0.717, 1.165) is 17.7 Å². The third kappa shape index (κ3) is 6.14. The van der Waals surface area contributed by atoms with Gasteiger partial charge in [0.05, 0.1) is 13.2 Å². The molecule has 2 aromatic rings. The Morgan fingerprint density at radius 3 is 2.12 bits per heavy atom. The van der Waals surface area contributed by atoms with Gasteiger partial charge in [0, 0.05) is 0 Å². The van der Waals surface area contributed by atoms with Gasteiger partial charge in [-0.3, -0.25) is 4.79 Å². The molecule has 25 heavy (non-hydrogen) atoms. The molecule has 4 heteroatoms. The summed E-state index contributed by atoms with van der Waals surface area (Å²) in [6, 6.07) is 15.5. The molecule has 0 radical (unpaired) electrons. The topological polar surface area (TPSA) is 47.6 Å². The Hall–Kier alpha value is -2.49.